The fourth-order valence-electron chi connectivity index (χ4n) is 2.80. The fourth-order valence-corrected chi connectivity index (χ4v) is 2.80. The van der Waals surface area contributed by atoms with Crippen LogP contribution in [0.1, 0.15) is 58.5 Å². The second-order valence-electron chi connectivity index (χ2n) is 7.51. The van der Waals surface area contributed by atoms with Crippen LogP contribution in [-0.4, -0.2) is 61.6 Å². The van der Waals surface area contributed by atoms with Crippen LogP contribution in [0.2, 0.25) is 0 Å². The van der Waals surface area contributed by atoms with Crippen LogP contribution in [0.15, 0.2) is 12.3 Å². The number of rotatable bonds is 13. The van der Waals surface area contributed by atoms with Crippen molar-refractivity contribution in [2.45, 2.75) is 66.2 Å². The SMILES string of the molecule is CCCO[C@@H](C)C(OC(=O)[C@H](C)NC(=O)c1nccc(OC)c1OCOC(C)=O)C(C)C. The molecule has 1 aromatic heterocycles. The number of amides is 1. The molecule has 1 aromatic rings. The van der Waals surface area contributed by atoms with Gasteiger partial charge in [0.1, 0.15) is 12.1 Å². The number of ether oxygens (including phenoxy) is 5. The normalized spacial score (nSPS) is 13.6. The van der Waals surface area contributed by atoms with Crippen molar-refractivity contribution in [1.82, 2.24) is 10.3 Å². The Labute approximate surface area is 188 Å². The molecule has 0 aliphatic carbocycles. The largest absolute Gasteiger partial charge is 0.493 e. The highest BCUT2D eigenvalue weighted by Gasteiger charge is 2.29. The predicted octanol–water partition coefficient (Wildman–Crippen LogP) is 2.49. The van der Waals surface area contributed by atoms with Crippen molar-refractivity contribution in [1.29, 1.82) is 0 Å². The van der Waals surface area contributed by atoms with Crippen LogP contribution in [0.4, 0.5) is 0 Å². The van der Waals surface area contributed by atoms with Gasteiger partial charge < -0.3 is 29.0 Å². The Hall–Kier alpha value is -2.88. The Morgan fingerprint density at radius 1 is 1.16 bits per heavy atom. The summed E-state index contributed by atoms with van der Waals surface area (Å²) in [6.07, 6.45) is 1.45. The molecule has 0 aliphatic heterocycles. The number of methoxy groups -OCH3 is 1. The number of carbonyl (C=O) groups excluding carboxylic acids is 3. The Balaban J connectivity index is 2.89. The van der Waals surface area contributed by atoms with E-state index in [0.717, 1.165) is 6.42 Å². The molecule has 10 nitrogen and oxygen atoms in total. The molecular weight excluding hydrogens is 420 g/mol. The summed E-state index contributed by atoms with van der Waals surface area (Å²) < 4.78 is 26.6. The van der Waals surface area contributed by atoms with E-state index in [0.29, 0.717) is 6.61 Å². The first-order valence-electron chi connectivity index (χ1n) is 10.5. The molecule has 32 heavy (non-hydrogen) atoms. The molecule has 1 unspecified atom stereocenters. The summed E-state index contributed by atoms with van der Waals surface area (Å²) in [5.74, 6) is -1.61. The smallest absolute Gasteiger partial charge is 0.328 e. The Morgan fingerprint density at radius 2 is 1.84 bits per heavy atom. The maximum absolute atomic E-state index is 12.8. The van der Waals surface area contributed by atoms with Gasteiger partial charge in [0.15, 0.2) is 17.2 Å². The maximum atomic E-state index is 12.8. The first-order valence-corrected chi connectivity index (χ1v) is 10.5. The molecule has 1 amide bonds. The molecule has 10 heteroatoms. The van der Waals surface area contributed by atoms with Crippen molar-refractivity contribution in [3.63, 3.8) is 0 Å². The van der Waals surface area contributed by atoms with Crippen LogP contribution >= 0.6 is 0 Å². The van der Waals surface area contributed by atoms with Gasteiger partial charge in [0.05, 0.1) is 13.2 Å². The van der Waals surface area contributed by atoms with Gasteiger partial charge in [-0.2, -0.15) is 0 Å². The number of aromatic nitrogens is 1. The zero-order valence-corrected chi connectivity index (χ0v) is 19.8. The van der Waals surface area contributed by atoms with Gasteiger partial charge in [-0.05, 0) is 26.2 Å². The highest BCUT2D eigenvalue weighted by Crippen LogP contribution is 2.29. The zero-order valence-electron chi connectivity index (χ0n) is 19.8. The first kappa shape index (κ1) is 27.2. The lowest BCUT2D eigenvalue weighted by atomic mass is 10.0. The van der Waals surface area contributed by atoms with Crippen LogP contribution in [-0.2, 0) is 23.8 Å². The van der Waals surface area contributed by atoms with Crippen LogP contribution in [0.5, 0.6) is 11.5 Å². The number of nitrogens with one attached hydrogen (secondary N) is 1. The number of carbonyl (C=O) groups is 3. The molecule has 0 saturated carbocycles. The third-order valence-electron chi connectivity index (χ3n) is 4.43. The summed E-state index contributed by atoms with van der Waals surface area (Å²) in [4.78, 5) is 40.4. The number of hydrogen-bond acceptors (Lipinski definition) is 9. The minimum Gasteiger partial charge on any atom is -0.493 e. The van der Waals surface area contributed by atoms with E-state index in [-0.39, 0.29) is 29.2 Å². The highest BCUT2D eigenvalue weighted by molar-refractivity contribution is 5.98. The minimum absolute atomic E-state index is 0.0176. The monoisotopic (exact) mass is 454 g/mol. The van der Waals surface area contributed by atoms with Crippen molar-refractivity contribution in [3.8, 4) is 11.5 Å². The standard InChI is InChI=1S/C22H34N2O8/c1-8-11-29-15(5)19(13(2)3)32-22(27)14(4)24-21(26)18-20(31-12-30-16(6)25)17(28-7)9-10-23-18/h9-10,13-15,19H,8,11-12H2,1-7H3,(H,24,26)/t14-,15-,19?/m0/s1. The Kier molecular flexibility index (Phi) is 11.5. The molecular formula is C22H34N2O8. The van der Waals surface area contributed by atoms with Crippen molar-refractivity contribution >= 4 is 17.8 Å². The molecule has 0 aliphatic rings. The van der Waals surface area contributed by atoms with E-state index < -0.39 is 36.8 Å². The summed E-state index contributed by atoms with van der Waals surface area (Å²) in [5.41, 5.74) is -0.129. The molecule has 0 radical (unpaired) electrons. The van der Waals surface area contributed by atoms with E-state index in [4.69, 9.17) is 23.7 Å². The van der Waals surface area contributed by atoms with Gasteiger partial charge in [-0.15, -0.1) is 0 Å². The lowest BCUT2D eigenvalue weighted by Crippen LogP contribution is -2.44. The van der Waals surface area contributed by atoms with Gasteiger partial charge in [-0.25, -0.2) is 9.78 Å². The summed E-state index contributed by atoms with van der Waals surface area (Å²) in [7, 11) is 1.39. The van der Waals surface area contributed by atoms with Gasteiger partial charge in [0.25, 0.3) is 5.91 Å². The highest BCUT2D eigenvalue weighted by atomic mass is 16.7. The molecule has 1 N–H and O–H groups in total. The topological polar surface area (TPSA) is 122 Å². The number of nitrogens with zero attached hydrogens (tertiary/aromatic N) is 1. The number of pyridine rings is 1. The van der Waals surface area contributed by atoms with Crippen molar-refractivity contribution in [2.24, 2.45) is 5.92 Å². The van der Waals surface area contributed by atoms with Crippen LogP contribution in [0.25, 0.3) is 0 Å². The number of hydrogen-bond donors (Lipinski definition) is 1. The minimum atomic E-state index is -0.962. The van der Waals surface area contributed by atoms with Crippen molar-refractivity contribution in [2.75, 3.05) is 20.5 Å². The van der Waals surface area contributed by atoms with E-state index in [2.05, 4.69) is 10.3 Å². The van der Waals surface area contributed by atoms with Gasteiger partial charge in [0, 0.05) is 25.8 Å². The summed E-state index contributed by atoms with van der Waals surface area (Å²) in [6.45, 7) is 10.6. The summed E-state index contributed by atoms with van der Waals surface area (Å²) in [5, 5.41) is 2.55. The van der Waals surface area contributed by atoms with Gasteiger partial charge in [0.2, 0.25) is 6.79 Å². The molecule has 180 valence electrons. The zero-order chi connectivity index (χ0) is 24.3. The quantitative estimate of drug-likeness (QED) is 0.354. The fraction of sp³-hybridized carbons (Fsp3) is 0.636. The van der Waals surface area contributed by atoms with E-state index in [1.807, 2.05) is 27.7 Å². The maximum Gasteiger partial charge on any atom is 0.328 e. The molecule has 0 saturated heterocycles. The second-order valence-corrected chi connectivity index (χ2v) is 7.51. The second kappa shape index (κ2) is 13.5. The molecule has 0 aromatic carbocycles. The Morgan fingerprint density at radius 3 is 2.41 bits per heavy atom. The molecule has 3 atom stereocenters. The van der Waals surface area contributed by atoms with Crippen molar-refractivity contribution < 1.29 is 38.1 Å². The summed E-state index contributed by atoms with van der Waals surface area (Å²) >= 11 is 0. The first-order chi connectivity index (χ1) is 15.1. The Bertz CT molecular complexity index is 768. The van der Waals surface area contributed by atoms with E-state index in [1.165, 1.54) is 33.2 Å². The lowest BCUT2D eigenvalue weighted by molar-refractivity contribution is -0.162. The van der Waals surface area contributed by atoms with Crippen molar-refractivity contribution in [3.05, 3.63) is 18.0 Å². The van der Waals surface area contributed by atoms with Crippen LogP contribution in [0.3, 0.4) is 0 Å². The van der Waals surface area contributed by atoms with Gasteiger partial charge in [-0.1, -0.05) is 20.8 Å². The molecule has 0 spiro atoms. The van der Waals surface area contributed by atoms with E-state index >= 15 is 0 Å². The van der Waals surface area contributed by atoms with Gasteiger partial charge in [-0.3, -0.25) is 9.59 Å². The number of esters is 2. The van der Waals surface area contributed by atoms with E-state index in [1.54, 1.807) is 0 Å². The molecule has 0 bridgehead atoms. The average Bonchev–Trinajstić information content (AvgIpc) is 2.74. The molecule has 0 fully saturated rings. The van der Waals surface area contributed by atoms with E-state index in [9.17, 15) is 14.4 Å². The third kappa shape index (κ3) is 8.33. The molecule has 1 heterocycles. The summed E-state index contributed by atoms with van der Waals surface area (Å²) in [6, 6.07) is 0.527. The molecule has 1 rings (SSSR count). The van der Waals surface area contributed by atoms with Gasteiger partial charge >= 0.3 is 11.9 Å². The third-order valence-corrected chi connectivity index (χ3v) is 4.43. The average molecular weight is 455 g/mol. The van der Waals surface area contributed by atoms with Crippen LogP contribution in [0, 0.1) is 5.92 Å². The lowest BCUT2D eigenvalue weighted by Gasteiger charge is -2.28. The van der Waals surface area contributed by atoms with Crippen LogP contribution < -0.4 is 14.8 Å². The predicted molar refractivity (Wildman–Crippen MR) is 115 cm³/mol.